The summed E-state index contributed by atoms with van der Waals surface area (Å²) in [6.45, 7) is 6.23. The molecule has 1 saturated heterocycles. The van der Waals surface area contributed by atoms with Gasteiger partial charge in [-0.25, -0.2) is 15.0 Å². The van der Waals surface area contributed by atoms with Crippen molar-refractivity contribution in [1.29, 1.82) is 0 Å². The molecule has 1 aliphatic heterocycles. The summed E-state index contributed by atoms with van der Waals surface area (Å²) in [5, 5.41) is 1.10. The first-order chi connectivity index (χ1) is 13.7. The molecule has 0 atom stereocenters. The van der Waals surface area contributed by atoms with Crippen LogP contribution in [0.15, 0.2) is 36.7 Å². The van der Waals surface area contributed by atoms with E-state index in [1.807, 2.05) is 32.2 Å². The van der Waals surface area contributed by atoms with E-state index in [-0.39, 0.29) is 0 Å². The minimum atomic E-state index is 0.795. The molecule has 6 heteroatoms. The van der Waals surface area contributed by atoms with Gasteiger partial charge in [0.25, 0.3) is 0 Å². The summed E-state index contributed by atoms with van der Waals surface area (Å²) in [6, 6.07) is 8.19. The van der Waals surface area contributed by atoms with Crippen LogP contribution in [-0.4, -0.2) is 37.4 Å². The van der Waals surface area contributed by atoms with E-state index in [2.05, 4.69) is 42.6 Å². The van der Waals surface area contributed by atoms with Crippen LogP contribution < -0.4 is 4.90 Å². The monoisotopic (exact) mass is 372 g/mol. The van der Waals surface area contributed by atoms with Crippen LogP contribution in [0.2, 0.25) is 0 Å². The van der Waals surface area contributed by atoms with Crippen molar-refractivity contribution >= 4 is 22.4 Å². The maximum absolute atomic E-state index is 5.07. The summed E-state index contributed by atoms with van der Waals surface area (Å²) in [4.78, 5) is 21.3. The van der Waals surface area contributed by atoms with Crippen molar-refractivity contribution in [2.24, 2.45) is 0 Å². The Kier molecular flexibility index (Phi) is 4.19. The van der Waals surface area contributed by atoms with E-state index in [9.17, 15) is 0 Å². The van der Waals surface area contributed by atoms with Gasteiger partial charge >= 0.3 is 0 Å². The van der Waals surface area contributed by atoms with E-state index in [4.69, 9.17) is 4.98 Å². The first-order valence-corrected chi connectivity index (χ1v) is 10.00. The van der Waals surface area contributed by atoms with Gasteiger partial charge in [0.15, 0.2) is 0 Å². The van der Waals surface area contributed by atoms with Gasteiger partial charge < -0.3 is 4.90 Å². The Morgan fingerprint density at radius 2 is 1.75 bits per heavy atom. The predicted molar refractivity (Wildman–Crippen MR) is 111 cm³/mol. The van der Waals surface area contributed by atoms with Gasteiger partial charge in [-0.15, -0.1) is 0 Å². The second-order valence-electron chi connectivity index (χ2n) is 7.59. The third-order valence-electron chi connectivity index (χ3n) is 5.44. The fourth-order valence-electron chi connectivity index (χ4n) is 4.26. The highest BCUT2D eigenvalue weighted by molar-refractivity contribution is 5.92. The van der Waals surface area contributed by atoms with Crippen LogP contribution in [0.5, 0.6) is 0 Å². The summed E-state index contributed by atoms with van der Waals surface area (Å²) in [6.07, 6.45) is 8.05. The third kappa shape index (κ3) is 2.99. The normalized spacial score (nSPS) is 14.4. The summed E-state index contributed by atoms with van der Waals surface area (Å²) >= 11 is 0. The van der Waals surface area contributed by atoms with Crippen LogP contribution >= 0.6 is 0 Å². The Labute approximate surface area is 164 Å². The highest BCUT2D eigenvalue weighted by Crippen LogP contribution is 2.30. The Balaban J connectivity index is 1.59. The van der Waals surface area contributed by atoms with E-state index in [0.717, 1.165) is 65.4 Å². The van der Waals surface area contributed by atoms with Crippen LogP contribution in [0.25, 0.3) is 16.6 Å². The molecule has 4 aromatic heterocycles. The summed E-state index contributed by atoms with van der Waals surface area (Å²) in [5.74, 6) is 2.12. The highest BCUT2D eigenvalue weighted by Gasteiger charge is 2.22. The molecule has 0 aliphatic carbocycles. The van der Waals surface area contributed by atoms with E-state index in [1.54, 1.807) is 0 Å². The van der Waals surface area contributed by atoms with Crippen molar-refractivity contribution in [3.8, 4) is 0 Å². The van der Waals surface area contributed by atoms with Crippen LogP contribution in [0.4, 0.5) is 5.82 Å². The standard InChI is InChI=1S/C22H24N6/c1-15-14-16(2)25-20(24-15)8-7-19-22(27-11-3-4-12-27)28-13-9-18-17(21(28)26-19)6-5-10-23-18/h5-6,9-10,13-14H,3-4,7-8,11-12H2,1-2H3. The summed E-state index contributed by atoms with van der Waals surface area (Å²) < 4.78 is 2.24. The molecule has 5 rings (SSSR count). The number of fused-ring (bicyclic) bond motifs is 3. The van der Waals surface area contributed by atoms with Crippen molar-refractivity contribution in [1.82, 2.24) is 24.3 Å². The van der Waals surface area contributed by atoms with Crippen LogP contribution in [0, 0.1) is 13.8 Å². The van der Waals surface area contributed by atoms with E-state index < -0.39 is 0 Å². The van der Waals surface area contributed by atoms with Crippen molar-refractivity contribution in [3.63, 3.8) is 0 Å². The molecule has 0 bridgehead atoms. The molecule has 0 N–H and O–H groups in total. The number of anilines is 1. The minimum Gasteiger partial charge on any atom is -0.356 e. The third-order valence-corrected chi connectivity index (χ3v) is 5.44. The van der Waals surface area contributed by atoms with Gasteiger partial charge in [-0.05, 0) is 51.0 Å². The average Bonchev–Trinajstić information content (AvgIpc) is 3.32. The molecule has 28 heavy (non-hydrogen) atoms. The van der Waals surface area contributed by atoms with Gasteiger partial charge in [0.05, 0.1) is 11.2 Å². The van der Waals surface area contributed by atoms with Gasteiger partial charge in [0.2, 0.25) is 0 Å². The zero-order valence-electron chi connectivity index (χ0n) is 16.4. The fraction of sp³-hybridized carbons (Fsp3) is 0.364. The molecule has 6 nitrogen and oxygen atoms in total. The fourth-order valence-corrected chi connectivity index (χ4v) is 4.26. The molecule has 1 aliphatic rings. The number of imidazole rings is 1. The molecule has 4 aromatic rings. The van der Waals surface area contributed by atoms with Crippen LogP contribution in [0.1, 0.15) is 35.7 Å². The summed E-state index contributed by atoms with van der Waals surface area (Å²) in [5.41, 5.74) is 5.14. The Bertz CT molecular complexity index is 1140. The average molecular weight is 372 g/mol. The molecule has 0 amide bonds. The maximum Gasteiger partial charge on any atom is 0.148 e. The molecular weight excluding hydrogens is 348 g/mol. The van der Waals surface area contributed by atoms with Crippen molar-refractivity contribution in [3.05, 3.63) is 59.6 Å². The predicted octanol–water partition coefficient (Wildman–Crippen LogP) is 3.67. The number of hydrogen-bond acceptors (Lipinski definition) is 5. The second kappa shape index (κ2) is 6.86. The first-order valence-electron chi connectivity index (χ1n) is 10.00. The lowest BCUT2D eigenvalue weighted by Gasteiger charge is -2.18. The van der Waals surface area contributed by atoms with Crippen molar-refractivity contribution < 1.29 is 0 Å². The van der Waals surface area contributed by atoms with Crippen LogP contribution in [0.3, 0.4) is 0 Å². The Hall–Kier alpha value is -3.02. The lowest BCUT2D eigenvalue weighted by molar-refractivity contribution is 0.812. The number of pyridine rings is 2. The number of aryl methyl sites for hydroxylation is 4. The zero-order valence-corrected chi connectivity index (χ0v) is 16.4. The highest BCUT2D eigenvalue weighted by atomic mass is 15.3. The van der Waals surface area contributed by atoms with E-state index in [0.29, 0.717) is 0 Å². The molecule has 5 heterocycles. The molecule has 0 aromatic carbocycles. The lowest BCUT2D eigenvalue weighted by Crippen LogP contribution is -2.21. The molecule has 0 unspecified atom stereocenters. The Morgan fingerprint density at radius 1 is 0.964 bits per heavy atom. The van der Waals surface area contributed by atoms with Crippen LogP contribution in [-0.2, 0) is 12.8 Å². The van der Waals surface area contributed by atoms with Crippen molar-refractivity contribution in [2.75, 3.05) is 18.0 Å². The quantitative estimate of drug-likeness (QED) is 0.547. The van der Waals surface area contributed by atoms with Crippen molar-refractivity contribution in [2.45, 2.75) is 39.5 Å². The van der Waals surface area contributed by atoms with Gasteiger partial charge in [-0.2, -0.15) is 0 Å². The number of aromatic nitrogens is 5. The number of nitrogens with zero attached hydrogens (tertiary/aromatic N) is 6. The largest absolute Gasteiger partial charge is 0.356 e. The molecule has 0 radical (unpaired) electrons. The maximum atomic E-state index is 5.07. The molecule has 1 fully saturated rings. The Morgan fingerprint density at radius 3 is 2.54 bits per heavy atom. The first kappa shape index (κ1) is 17.1. The minimum absolute atomic E-state index is 0.795. The molecule has 0 spiro atoms. The summed E-state index contributed by atoms with van der Waals surface area (Å²) in [7, 11) is 0. The smallest absolute Gasteiger partial charge is 0.148 e. The second-order valence-corrected chi connectivity index (χ2v) is 7.59. The van der Waals surface area contributed by atoms with Gasteiger partial charge in [0.1, 0.15) is 17.3 Å². The van der Waals surface area contributed by atoms with E-state index in [1.165, 1.54) is 18.7 Å². The number of hydrogen-bond donors (Lipinski definition) is 0. The number of rotatable bonds is 4. The van der Waals surface area contributed by atoms with Gasteiger partial charge in [-0.3, -0.25) is 9.38 Å². The molecule has 142 valence electrons. The van der Waals surface area contributed by atoms with E-state index >= 15 is 0 Å². The van der Waals surface area contributed by atoms with Gasteiger partial charge in [-0.1, -0.05) is 0 Å². The zero-order chi connectivity index (χ0) is 19.1. The lowest BCUT2D eigenvalue weighted by atomic mass is 10.2. The topological polar surface area (TPSA) is 59.2 Å². The SMILES string of the molecule is Cc1cc(C)nc(CCc2nc3c4cccnc4ccn3c2N2CCCC2)n1. The molecular formula is C22H24N6. The van der Waals surface area contributed by atoms with Gasteiger partial charge in [0, 0.05) is 55.1 Å². The molecule has 0 saturated carbocycles.